The fraction of sp³-hybridized carbons (Fsp3) is 0.368. The maximum atomic E-state index is 4.31. The second kappa shape index (κ2) is 4.97. The Morgan fingerprint density at radius 1 is 1.20 bits per heavy atom. The molecule has 0 fully saturated rings. The molecular formula is C19H25N. The van der Waals surface area contributed by atoms with Crippen molar-refractivity contribution in [2.24, 2.45) is 0 Å². The van der Waals surface area contributed by atoms with Crippen molar-refractivity contribution in [1.82, 2.24) is 5.32 Å². The zero-order valence-corrected chi connectivity index (χ0v) is 13.4. The average Bonchev–Trinajstić information content (AvgIpc) is 2.36. The van der Waals surface area contributed by atoms with Crippen LogP contribution in [0.5, 0.6) is 0 Å². The van der Waals surface area contributed by atoms with Gasteiger partial charge in [-0.1, -0.05) is 42.5 Å². The van der Waals surface area contributed by atoms with E-state index in [1.54, 1.807) is 0 Å². The van der Waals surface area contributed by atoms with Crippen LogP contribution in [0, 0.1) is 13.8 Å². The highest BCUT2D eigenvalue weighted by molar-refractivity contribution is 5.53. The Labute approximate surface area is 123 Å². The third-order valence-electron chi connectivity index (χ3n) is 4.63. The second-order valence-corrected chi connectivity index (χ2v) is 6.16. The zero-order chi connectivity index (χ0) is 15.1. The minimum atomic E-state index is -0.123. The summed E-state index contributed by atoms with van der Waals surface area (Å²) >= 11 is 0. The number of hydrogen-bond acceptors (Lipinski definition) is 1. The Hall–Kier alpha value is -1.76. The third kappa shape index (κ3) is 2.11. The molecule has 1 heterocycles. The van der Waals surface area contributed by atoms with E-state index < -0.39 is 0 Å². The first-order valence-corrected chi connectivity index (χ1v) is 7.15. The Kier molecular flexibility index (Phi) is 3.64. The smallest absolute Gasteiger partial charge is 0.0439 e. The maximum Gasteiger partial charge on any atom is 0.0439 e. The monoisotopic (exact) mass is 267 g/mol. The SMILES string of the molecule is C=C1CC(C(=C)C)(c2cc(C)ccc2C)C(C)=C(C)N1. The van der Waals surface area contributed by atoms with Crippen molar-refractivity contribution in [2.45, 2.75) is 46.5 Å². The van der Waals surface area contributed by atoms with E-state index in [2.05, 4.69) is 71.3 Å². The molecule has 1 aliphatic heterocycles. The van der Waals surface area contributed by atoms with Gasteiger partial charge in [0.2, 0.25) is 0 Å². The van der Waals surface area contributed by atoms with Gasteiger partial charge in [-0.3, -0.25) is 0 Å². The molecule has 0 aliphatic carbocycles. The number of nitrogens with one attached hydrogen (secondary N) is 1. The first-order chi connectivity index (χ1) is 9.29. The number of rotatable bonds is 2. The lowest BCUT2D eigenvalue weighted by atomic mass is 9.64. The van der Waals surface area contributed by atoms with Crippen LogP contribution in [0.1, 0.15) is 43.9 Å². The van der Waals surface area contributed by atoms with Gasteiger partial charge in [0.1, 0.15) is 0 Å². The number of hydrogen-bond donors (Lipinski definition) is 1. The molecule has 1 aromatic carbocycles. The number of aryl methyl sites for hydroxylation is 2. The highest BCUT2D eigenvalue weighted by atomic mass is 14.9. The molecule has 2 rings (SSSR count). The van der Waals surface area contributed by atoms with Crippen LogP contribution in [-0.2, 0) is 5.41 Å². The Morgan fingerprint density at radius 2 is 1.85 bits per heavy atom. The molecular weight excluding hydrogens is 242 g/mol. The molecule has 1 heteroatoms. The van der Waals surface area contributed by atoms with Crippen molar-refractivity contribution in [3.63, 3.8) is 0 Å². The molecule has 0 saturated heterocycles. The molecule has 106 valence electrons. The van der Waals surface area contributed by atoms with E-state index in [0.717, 1.165) is 12.1 Å². The van der Waals surface area contributed by atoms with E-state index in [1.165, 1.54) is 33.5 Å². The van der Waals surface area contributed by atoms with E-state index in [-0.39, 0.29) is 5.41 Å². The van der Waals surface area contributed by atoms with Crippen molar-refractivity contribution < 1.29 is 0 Å². The first kappa shape index (κ1) is 14.6. The molecule has 20 heavy (non-hydrogen) atoms. The van der Waals surface area contributed by atoms with Crippen molar-refractivity contribution in [1.29, 1.82) is 0 Å². The van der Waals surface area contributed by atoms with Gasteiger partial charge in [0.15, 0.2) is 0 Å². The lowest BCUT2D eigenvalue weighted by Gasteiger charge is -2.43. The van der Waals surface area contributed by atoms with Crippen molar-refractivity contribution in [3.8, 4) is 0 Å². The minimum absolute atomic E-state index is 0.123. The summed E-state index contributed by atoms with van der Waals surface area (Å²) in [5.74, 6) is 0. The highest BCUT2D eigenvalue weighted by Crippen LogP contribution is 2.47. The summed E-state index contributed by atoms with van der Waals surface area (Å²) in [4.78, 5) is 0. The number of benzene rings is 1. The molecule has 1 atom stereocenters. The molecule has 1 N–H and O–H groups in total. The van der Waals surface area contributed by atoms with Gasteiger partial charge in [-0.15, -0.1) is 0 Å². The fourth-order valence-electron chi connectivity index (χ4n) is 3.37. The topological polar surface area (TPSA) is 12.0 Å². The summed E-state index contributed by atoms with van der Waals surface area (Å²) in [6, 6.07) is 6.69. The summed E-state index contributed by atoms with van der Waals surface area (Å²) in [7, 11) is 0. The molecule has 1 aromatic rings. The Morgan fingerprint density at radius 3 is 2.45 bits per heavy atom. The highest BCUT2D eigenvalue weighted by Gasteiger charge is 2.40. The summed E-state index contributed by atoms with van der Waals surface area (Å²) in [6.07, 6.45) is 0.885. The van der Waals surface area contributed by atoms with Crippen LogP contribution in [0.25, 0.3) is 0 Å². The van der Waals surface area contributed by atoms with Gasteiger partial charge in [-0.05, 0) is 51.3 Å². The quantitative estimate of drug-likeness (QED) is 0.750. The minimum Gasteiger partial charge on any atom is -0.363 e. The lowest BCUT2D eigenvalue weighted by molar-refractivity contribution is 0.526. The van der Waals surface area contributed by atoms with Crippen LogP contribution in [0.3, 0.4) is 0 Å². The van der Waals surface area contributed by atoms with E-state index in [1.807, 2.05) is 0 Å². The van der Waals surface area contributed by atoms with Crippen LogP contribution in [0.2, 0.25) is 0 Å². The molecule has 0 saturated carbocycles. The van der Waals surface area contributed by atoms with Crippen LogP contribution in [0.15, 0.2) is 53.9 Å². The molecule has 1 unspecified atom stereocenters. The lowest BCUT2D eigenvalue weighted by Crippen LogP contribution is -2.38. The van der Waals surface area contributed by atoms with E-state index in [4.69, 9.17) is 0 Å². The average molecular weight is 267 g/mol. The van der Waals surface area contributed by atoms with Gasteiger partial charge < -0.3 is 5.32 Å². The molecule has 0 bridgehead atoms. The van der Waals surface area contributed by atoms with Crippen LogP contribution < -0.4 is 5.32 Å². The van der Waals surface area contributed by atoms with Gasteiger partial charge >= 0.3 is 0 Å². The standard InChI is InChI=1S/C19H25N/c1-12(2)19(11-15(5)20-17(7)16(19)6)18-10-13(3)8-9-14(18)4/h8-10,20H,1,5,11H2,2-4,6-7H3. The van der Waals surface area contributed by atoms with Crippen molar-refractivity contribution in [3.05, 3.63) is 70.6 Å². The zero-order valence-electron chi connectivity index (χ0n) is 13.4. The van der Waals surface area contributed by atoms with E-state index >= 15 is 0 Å². The summed E-state index contributed by atoms with van der Waals surface area (Å²) in [6.45, 7) is 19.3. The van der Waals surface area contributed by atoms with Gasteiger partial charge in [0, 0.05) is 23.2 Å². The first-order valence-electron chi connectivity index (χ1n) is 7.15. The second-order valence-electron chi connectivity index (χ2n) is 6.16. The summed E-state index contributed by atoms with van der Waals surface area (Å²) in [5.41, 5.74) is 8.66. The van der Waals surface area contributed by atoms with E-state index in [0.29, 0.717) is 0 Å². The van der Waals surface area contributed by atoms with Crippen LogP contribution in [0.4, 0.5) is 0 Å². The van der Waals surface area contributed by atoms with Crippen molar-refractivity contribution >= 4 is 0 Å². The van der Waals surface area contributed by atoms with Gasteiger partial charge in [-0.2, -0.15) is 0 Å². The van der Waals surface area contributed by atoms with Gasteiger partial charge in [0.25, 0.3) is 0 Å². The fourth-order valence-corrected chi connectivity index (χ4v) is 3.37. The third-order valence-corrected chi connectivity index (χ3v) is 4.63. The molecule has 0 aromatic heterocycles. The normalized spacial score (nSPS) is 22.8. The molecule has 1 aliphatic rings. The summed E-state index contributed by atoms with van der Waals surface area (Å²) in [5, 5.41) is 3.39. The predicted octanol–water partition coefficient (Wildman–Crippen LogP) is 4.92. The maximum absolute atomic E-state index is 4.31. The van der Waals surface area contributed by atoms with Crippen LogP contribution in [-0.4, -0.2) is 0 Å². The Balaban J connectivity index is 2.79. The van der Waals surface area contributed by atoms with Gasteiger partial charge in [0.05, 0.1) is 0 Å². The van der Waals surface area contributed by atoms with Gasteiger partial charge in [-0.25, -0.2) is 0 Å². The summed E-state index contributed by atoms with van der Waals surface area (Å²) < 4.78 is 0. The van der Waals surface area contributed by atoms with Crippen LogP contribution >= 0.6 is 0 Å². The largest absolute Gasteiger partial charge is 0.363 e. The van der Waals surface area contributed by atoms with E-state index in [9.17, 15) is 0 Å². The molecule has 0 spiro atoms. The molecule has 0 radical (unpaired) electrons. The Bertz CT molecular complexity index is 619. The molecule has 1 nitrogen and oxygen atoms in total. The molecule has 0 amide bonds. The number of allylic oxidation sites excluding steroid dienone is 4. The predicted molar refractivity (Wildman–Crippen MR) is 87.7 cm³/mol. The van der Waals surface area contributed by atoms with Crippen molar-refractivity contribution in [2.75, 3.05) is 0 Å².